The van der Waals surface area contributed by atoms with Crippen LogP contribution in [0.2, 0.25) is 0 Å². The monoisotopic (exact) mass is 393 g/mol. The fourth-order valence-electron chi connectivity index (χ4n) is 2.62. The molecule has 0 saturated carbocycles. The molecule has 0 bridgehead atoms. The average Bonchev–Trinajstić information content (AvgIpc) is 3.24. The average molecular weight is 393 g/mol. The van der Waals surface area contributed by atoms with E-state index in [1.165, 1.54) is 0 Å². The lowest BCUT2D eigenvalue weighted by Gasteiger charge is -2.12. The van der Waals surface area contributed by atoms with Gasteiger partial charge >= 0.3 is 6.03 Å². The number of nitrogens with zero attached hydrogens (tertiary/aromatic N) is 2. The quantitative estimate of drug-likeness (QED) is 0.573. The number of aryl methyl sites for hydroxylation is 1. The highest BCUT2D eigenvalue weighted by Gasteiger charge is 2.08. The number of hydrogen-bond donors (Lipinski definition) is 3. The molecule has 1 aromatic heterocycles. The van der Waals surface area contributed by atoms with Crippen LogP contribution in [-0.4, -0.2) is 34.9 Å². The van der Waals surface area contributed by atoms with E-state index in [2.05, 4.69) is 21.0 Å². The molecule has 1 heterocycles. The van der Waals surface area contributed by atoms with Gasteiger partial charge in [0.15, 0.2) is 6.61 Å². The summed E-state index contributed by atoms with van der Waals surface area (Å²) in [6, 6.07) is 14.0. The van der Waals surface area contributed by atoms with Gasteiger partial charge in [-0.2, -0.15) is 5.10 Å². The minimum Gasteiger partial charge on any atom is -0.484 e. The Balaban J connectivity index is 1.58. The lowest BCUT2D eigenvalue weighted by molar-refractivity contribution is -0.122. The first-order chi connectivity index (χ1) is 14.0. The van der Waals surface area contributed by atoms with Gasteiger partial charge in [-0.05, 0) is 61.9 Å². The Morgan fingerprint density at radius 3 is 2.59 bits per heavy atom. The molecule has 0 fully saturated rings. The van der Waals surface area contributed by atoms with Crippen LogP contribution in [0, 0.1) is 6.92 Å². The lowest BCUT2D eigenvalue weighted by Crippen LogP contribution is -2.28. The Labute approximate surface area is 168 Å². The summed E-state index contributed by atoms with van der Waals surface area (Å²) in [4.78, 5) is 23.8. The summed E-state index contributed by atoms with van der Waals surface area (Å²) >= 11 is 0. The fraction of sp³-hybridized carbons (Fsp3) is 0.190. The molecule has 0 aliphatic rings. The first-order valence-corrected chi connectivity index (χ1v) is 9.23. The Kier molecular flexibility index (Phi) is 6.47. The van der Waals surface area contributed by atoms with E-state index < -0.39 is 0 Å². The van der Waals surface area contributed by atoms with Crippen molar-refractivity contribution in [3.05, 3.63) is 66.5 Å². The Hall–Kier alpha value is -3.81. The number of carbonyl (C=O) groups is 2. The summed E-state index contributed by atoms with van der Waals surface area (Å²) in [6.07, 6.45) is 3.54. The number of benzene rings is 2. The van der Waals surface area contributed by atoms with Gasteiger partial charge < -0.3 is 20.7 Å². The number of aromatic nitrogens is 2. The number of nitrogens with one attached hydrogen (secondary N) is 3. The second-order valence-electron chi connectivity index (χ2n) is 6.30. The van der Waals surface area contributed by atoms with Crippen molar-refractivity contribution in [2.75, 3.05) is 23.8 Å². The maximum Gasteiger partial charge on any atom is 0.323 e. The van der Waals surface area contributed by atoms with E-state index in [0.29, 0.717) is 23.7 Å². The SMILES string of the molecule is CCNC(=O)COc1ccc(NC(=O)Nc2cc(-n3cccn3)ccc2C)cc1. The molecule has 0 aliphatic carbocycles. The maximum atomic E-state index is 12.4. The van der Waals surface area contributed by atoms with Crippen molar-refractivity contribution >= 4 is 23.3 Å². The van der Waals surface area contributed by atoms with Crippen molar-refractivity contribution in [2.24, 2.45) is 0 Å². The highest BCUT2D eigenvalue weighted by molar-refractivity contribution is 6.00. The van der Waals surface area contributed by atoms with Crippen LogP contribution in [-0.2, 0) is 4.79 Å². The van der Waals surface area contributed by atoms with E-state index >= 15 is 0 Å². The van der Waals surface area contributed by atoms with Crippen molar-refractivity contribution in [1.82, 2.24) is 15.1 Å². The van der Waals surface area contributed by atoms with Gasteiger partial charge in [0, 0.05) is 30.3 Å². The van der Waals surface area contributed by atoms with Crippen LogP contribution in [0.25, 0.3) is 5.69 Å². The smallest absolute Gasteiger partial charge is 0.323 e. The van der Waals surface area contributed by atoms with Gasteiger partial charge in [0.25, 0.3) is 5.91 Å². The maximum absolute atomic E-state index is 12.4. The predicted octanol–water partition coefficient (Wildman–Crippen LogP) is 3.34. The van der Waals surface area contributed by atoms with Gasteiger partial charge in [0.05, 0.1) is 5.69 Å². The normalized spacial score (nSPS) is 10.3. The van der Waals surface area contributed by atoms with Gasteiger partial charge in [-0.1, -0.05) is 6.07 Å². The molecular weight excluding hydrogens is 370 g/mol. The van der Waals surface area contributed by atoms with Crippen molar-refractivity contribution in [1.29, 1.82) is 0 Å². The number of hydrogen-bond acceptors (Lipinski definition) is 4. The third kappa shape index (κ3) is 5.58. The summed E-state index contributed by atoms with van der Waals surface area (Å²) in [7, 11) is 0. The second-order valence-corrected chi connectivity index (χ2v) is 6.30. The van der Waals surface area contributed by atoms with Gasteiger partial charge in [-0.25, -0.2) is 9.48 Å². The number of likely N-dealkylation sites (N-methyl/N-ethyl adjacent to an activating group) is 1. The standard InChI is InChI=1S/C21H23N5O3/c1-3-22-20(27)14-29-18-9-6-16(7-10-18)24-21(28)25-19-13-17(8-5-15(19)2)26-12-4-11-23-26/h4-13H,3,14H2,1-2H3,(H,22,27)(H2,24,25,28). The van der Waals surface area contributed by atoms with Crippen LogP contribution >= 0.6 is 0 Å². The highest BCUT2D eigenvalue weighted by Crippen LogP contribution is 2.20. The number of carbonyl (C=O) groups excluding carboxylic acids is 2. The third-order valence-electron chi connectivity index (χ3n) is 4.09. The van der Waals surface area contributed by atoms with Crippen LogP contribution in [0.1, 0.15) is 12.5 Å². The van der Waals surface area contributed by atoms with E-state index in [1.54, 1.807) is 35.1 Å². The molecule has 150 valence electrons. The molecule has 3 amide bonds. The van der Waals surface area contributed by atoms with Crippen LogP contribution in [0.15, 0.2) is 60.9 Å². The summed E-state index contributed by atoms with van der Waals surface area (Å²) < 4.78 is 7.12. The van der Waals surface area contributed by atoms with Crippen molar-refractivity contribution in [2.45, 2.75) is 13.8 Å². The largest absolute Gasteiger partial charge is 0.484 e. The first-order valence-electron chi connectivity index (χ1n) is 9.23. The zero-order chi connectivity index (χ0) is 20.6. The predicted molar refractivity (Wildman–Crippen MR) is 112 cm³/mol. The molecule has 29 heavy (non-hydrogen) atoms. The molecular formula is C21H23N5O3. The number of anilines is 2. The minimum absolute atomic E-state index is 0.0486. The molecule has 0 unspecified atom stereocenters. The van der Waals surface area contributed by atoms with Crippen LogP contribution < -0.4 is 20.7 Å². The molecule has 8 heteroatoms. The molecule has 3 aromatic rings. The van der Waals surface area contributed by atoms with Crippen molar-refractivity contribution < 1.29 is 14.3 Å². The molecule has 8 nitrogen and oxygen atoms in total. The Morgan fingerprint density at radius 1 is 1.10 bits per heavy atom. The van der Waals surface area contributed by atoms with Gasteiger partial charge in [-0.15, -0.1) is 0 Å². The Bertz CT molecular complexity index is 968. The second kappa shape index (κ2) is 9.41. The number of urea groups is 1. The third-order valence-corrected chi connectivity index (χ3v) is 4.09. The van der Waals surface area contributed by atoms with E-state index in [-0.39, 0.29) is 18.5 Å². The number of ether oxygens (including phenoxy) is 1. The molecule has 3 rings (SSSR count). The van der Waals surface area contributed by atoms with Crippen LogP contribution in [0.3, 0.4) is 0 Å². The van der Waals surface area contributed by atoms with Crippen LogP contribution in [0.5, 0.6) is 5.75 Å². The summed E-state index contributed by atoms with van der Waals surface area (Å²) in [5.74, 6) is 0.367. The molecule has 3 N–H and O–H groups in total. The number of rotatable bonds is 7. The molecule has 0 saturated heterocycles. The summed E-state index contributed by atoms with van der Waals surface area (Å²) in [5, 5.41) is 12.5. The molecule has 0 spiro atoms. The lowest BCUT2D eigenvalue weighted by atomic mass is 10.2. The van der Waals surface area contributed by atoms with Gasteiger partial charge in [-0.3, -0.25) is 4.79 Å². The molecule has 0 radical (unpaired) electrons. The summed E-state index contributed by atoms with van der Waals surface area (Å²) in [6.45, 7) is 4.28. The molecule has 2 aromatic carbocycles. The minimum atomic E-state index is -0.360. The summed E-state index contributed by atoms with van der Waals surface area (Å²) in [5.41, 5.74) is 3.08. The van der Waals surface area contributed by atoms with Crippen molar-refractivity contribution in [3.63, 3.8) is 0 Å². The zero-order valence-electron chi connectivity index (χ0n) is 16.3. The highest BCUT2D eigenvalue weighted by atomic mass is 16.5. The van der Waals surface area contributed by atoms with Gasteiger partial charge in [0.2, 0.25) is 0 Å². The zero-order valence-corrected chi connectivity index (χ0v) is 16.3. The Morgan fingerprint density at radius 2 is 1.90 bits per heavy atom. The molecule has 0 aliphatic heterocycles. The van der Waals surface area contributed by atoms with E-state index in [0.717, 1.165) is 11.3 Å². The van der Waals surface area contributed by atoms with Gasteiger partial charge in [0.1, 0.15) is 5.75 Å². The van der Waals surface area contributed by atoms with E-state index in [9.17, 15) is 9.59 Å². The van der Waals surface area contributed by atoms with E-state index in [4.69, 9.17) is 4.74 Å². The van der Waals surface area contributed by atoms with Crippen LogP contribution in [0.4, 0.5) is 16.2 Å². The first kappa shape index (κ1) is 19.9. The number of amides is 3. The van der Waals surface area contributed by atoms with Crippen molar-refractivity contribution in [3.8, 4) is 11.4 Å². The topological polar surface area (TPSA) is 97.3 Å². The van der Waals surface area contributed by atoms with E-state index in [1.807, 2.05) is 44.3 Å². The fourth-order valence-corrected chi connectivity index (χ4v) is 2.62. The molecule has 0 atom stereocenters.